The van der Waals surface area contributed by atoms with Gasteiger partial charge >= 0.3 is 0 Å². The van der Waals surface area contributed by atoms with Crippen LogP contribution < -0.4 is 11.1 Å². The van der Waals surface area contributed by atoms with Gasteiger partial charge in [0.1, 0.15) is 11.8 Å². The van der Waals surface area contributed by atoms with E-state index < -0.39 is 5.60 Å². The van der Waals surface area contributed by atoms with Gasteiger partial charge in [-0.1, -0.05) is 41.4 Å². The number of benzene rings is 2. The Kier molecular flexibility index (Phi) is 4.44. The highest BCUT2D eigenvalue weighted by Crippen LogP contribution is 2.32. The molecule has 1 aliphatic rings. The molecular weight excluding hydrogens is 319 g/mol. The zero-order valence-electron chi connectivity index (χ0n) is 12.3. The Morgan fingerprint density at radius 2 is 1.86 bits per heavy atom. The summed E-state index contributed by atoms with van der Waals surface area (Å²) in [7, 11) is 0. The number of nitrogens with one attached hydrogen (secondary N) is 1. The highest BCUT2D eigenvalue weighted by atomic mass is 35.5. The molecule has 3 nitrogen and oxygen atoms in total. The van der Waals surface area contributed by atoms with Crippen molar-refractivity contribution in [3.8, 4) is 11.1 Å². The number of hydrogen-bond donors (Lipinski definition) is 2. The first kappa shape index (κ1) is 15.8. The first-order valence-corrected chi connectivity index (χ1v) is 7.93. The van der Waals surface area contributed by atoms with Crippen molar-refractivity contribution in [3.05, 3.63) is 58.1 Å². The van der Waals surface area contributed by atoms with Gasteiger partial charge in [-0.25, -0.2) is 0 Å². The van der Waals surface area contributed by atoms with Crippen LogP contribution in [0.2, 0.25) is 10.0 Å². The Morgan fingerprint density at radius 3 is 2.55 bits per heavy atom. The predicted molar refractivity (Wildman–Crippen MR) is 91.2 cm³/mol. The van der Waals surface area contributed by atoms with Crippen LogP contribution in [-0.2, 0) is 10.3 Å². The molecule has 2 aromatic rings. The lowest BCUT2D eigenvalue weighted by atomic mass is 9.91. The smallest absolute Gasteiger partial charge is 0.119 e. The molecule has 0 aliphatic carbocycles. The second-order valence-corrected chi connectivity index (χ2v) is 6.63. The summed E-state index contributed by atoms with van der Waals surface area (Å²) < 4.78 is 5.96. The lowest BCUT2D eigenvalue weighted by molar-refractivity contribution is -0.107. The van der Waals surface area contributed by atoms with Crippen LogP contribution in [0.25, 0.3) is 11.1 Å². The number of ether oxygens (including phenoxy) is 1. The number of halogens is 2. The summed E-state index contributed by atoms with van der Waals surface area (Å²) in [5, 5.41) is 4.55. The molecule has 5 heteroatoms. The van der Waals surface area contributed by atoms with Gasteiger partial charge in [0.15, 0.2) is 0 Å². The van der Waals surface area contributed by atoms with Gasteiger partial charge in [0.05, 0.1) is 0 Å². The molecule has 0 aromatic heterocycles. The molecule has 1 fully saturated rings. The van der Waals surface area contributed by atoms with Crippen molar-refractivity contribution in [1.82, 2.24) is 5.32 Å². The maximum absolute atomic E-state index is 6.10. The summed E-state index contributed by atoms with van der Waals surface area (Å²) in [6.07, 6.45) is -0.303. The van der Waals surface area contributed by atoms with E-state index in [4.69, 9.17) is 33.7 Å². The van der Waals surface area contributed by atoms with E-state index in [2.05, 4.69) is 17.4 Å². The van der Waals surface area contributed by atoms with Crippen molar-refractivity contribution >= 4 is 23.2 Å². The molecule has 1 saturated heterocycles. The lowest BCUT2D eigenvalue weighted by Gasteiger charge is -2.38. The highest BCUT2D eigenvalue weighted by molar-refractivity contribution is 6.35. The van der Waals surface area contributed by atoms with Crippen molar-refractivity contribution in [1.29, 1.82) is 0 Å². The number of hydrogen-bond acceptors (Lipinski definition) is 3. The minimum absolute atomic E-state index is 0.303. The average Bonchev–Trinajstić information content (AvgIpc) is 2.46. The van der Waals surface area contributed by atoms with Crippen LogP contribution in [0.4, 0.5) is 0 Å². The summed E-state index contributed by atoms with van der Waals surface area (Å²) in [5.41, 5.74) is 8.57. The van der Waals surface area contributed by atoms with Gasteiger partial charge in [0, 0.05) is 23.1 Å². The fourth-order valence-corrected chi connectivity index (χ4v) is 3.31. The second-order valence-electron chi connectivity index (χ2n) is 5.76. The standard InChI is InChI=1S/C17H18Cl2N2O/c1-17(10-21-9-16(20)22-17)13-4-2-3-11(5-13)12-6-14(18)8-15(19)7-12/h2-8,16,21H,9-10,20H2,1H3. The van der Waals surface area contributed by atoms with E-state index in [9.17, 15) is 0 Å². The third-order valence-electron chi connectivity index (χ3n) is 3.89. The van der Waals surface area contributed by atoms with Gasteiger partial charge in [-0.15, -0.1) is 0 Å². The van der Waals surface area contributed by atoms with Crippen molar-refractivity contribution in [2.45, 2.75) is 18.8 Å². The molecule has 2 atom stereocenters. The van der Waals surface area contributed by atoms with Crippen LogP contribution in [0.15, 0.2) is 42.5 Å². The van der Waals surface area contributed by atoms with Crippen molar-refractivity contribution in [3.63, 3.8) is 0 Å². The van der Waals surface area contributed by atoms with Crippen molar-refractivity contribution in [2.75, 3.05) is 13.1 Å². The quantitative estimate of drug-likeness (QED) is 0.877. The molecule has 22 heavy (non-hydrogen) atoms. The van der Waals surface area contributed by atoms with Crippen LogP contribution in [0.1, 0.15) is 12.5 Å². The molecule has 2 aromatic carbocycles. The van der Waals surface area contributed by atoms with Crippen LogP contribution >= 0.6 is 23.2 Å². The second kappa shape index (κ2) is 6.19. The third kappa shape index (κ3) is 3.29. The normalized spacial score (nSPS) is 25.2. The number of morpholine rings is 1. The van der Waals surface area contributed by atoms with Gasteiger partial charge in [0.2, 0.25) is 0 Å². The zero-order valence-corrected chi connectivity index (χ0v) is 13.8. The molecule has 0 bridgehead atoms. The molecule has 0 spiro atoms. The minimum atomic E-state index is -0.448. The van der Waals surface area contributed by atoms with Gasteiger partial charge < -0.3 is 15.8 Å². The van der Waals surface area contributed by atoms with E-state index in [1.165, 1.54) is 0 Å². The SMILES string of the molecule is CC1(c2cccc(-c3cc(Cl)cc(Cl)c3)c2)CNCC(N)O1. The first-order valence-electron chi connectivity index (χ1n) is 7.17. The van der Waals surface area contributed by atoms with Crippen LogP contribution in [-0.4, -0.2) is 19.3 Å². The maximum Gasteiger partial charge on any atom is 0.119 e. The fraction of sp³-hybridized carbons (Fsp3) is 0.294. The average molecular weight is 337 g/mol. The lowest BCUT2D eigenvalue weighted by Crippen LogP contribution is -2.53. The summed E-state index contributed by atoms with van der Waals surface area (Å²) in [5.74, 6) is 0. The van der Waals surface area contributed by atoms with Crippen LogP contribution in [0.3, 0.4) is 0 Å². The Bertz CT molecular complexity index is 672. The minimum Gasteiger partial charge on any atom is -0.350 e. The molecule has 1 aliphatic heterocycles. The largest absolute Gasteiger partial charge is 0.350 e. The maximum atomic E-state index is 6.10. The molecule has 0 saturated carbocycles. The van der Waals surface area contributed by atoms with Crippen molar-refractivity contribution < 1.29 is 4.74 Å². The van der Waals surface area contributed by atoms with E-state index in [0.717, 1.165) is 23.2 Å². The summed E-state index contributed by atoms with van der Waals surface area (Å²) in [4.78, 5) is 0. The molecular formula is C17H18Cl2N2O. The Balaban J connectivity index is 1.99. The van der Waals surface area contributed by atoms with Gasteiger partial charge in [-0.2, -0.15) is 0 Å². The molecule has 3 rings (SSSR count). The van der Waals surface area contributed by atoms with Gasteiger partial charge in [-0.3, -0.25) is 0 Å². The number of rotatable bonds is 2. The summed E-state index contributed by atoms with van der Waals surface area (Å²) in [6, 6.07) is 13.7. The zero-order chi connectivity index (χ0) is 15.7. The molecule has 3 N–H and O–H groups in total. The van der Waals surface area contributed by atoms with E-state index in [1.54, 1.807) is 6.07 Å². The van der Waals surface area contributed by atoms with Crippen molar-refractivity contribution in [2.24, 2.45) is 5.73 Å². The fourth-order valence-electron chi connectivity index (χ4n) is 2.79. The Morgan fingerprint density at radius 1 is 1.14 bits per heavy atom. The van der Waals surface area contributed by atoms with E-state index in [1.807, 2.05) is 31.2 Å². The van der Waals surface area contributed by atoms with Crippen LogP contribution in [0.5, 0.6) is 0 Å². The summed E-state index contributed by atoms with van der Waals surface area (Å²) in [6.45, 7) is 3.43. The van der Waals surface area contributed by atoms with Gasteiger partial charge in [-0.05, 0) is 47.9 Å². The molecule has 0 radical (unpaired) electrons. The third-order valence-corrected chi connectivity index (χ3v) is 4.32. The topological polar surface area (TPSA) is 47.3 Å². The molecule has 1 heterocycles. The summed E-state index contributed by atoms with van der Waals surface area (Å²) >= 11 is 12.2. The molecule has 116 valence electrons. The van der Waals surface area contributed by atoms with E-state index in [-0.39, 0.29) is 6.23 Å². The monoisotopic (exact) mass is 336 g/mol. The molecule has 2 unspecified atom stereocenters. The molecule has 0 amide bonds. The predicted octanol–water partition coefficient (Wildman–Crippen LogP) is 3.78. The Hall–Kier alpha value is -1.10. The van der Waals surface area contributed by atoms with E-state index >= 15 is 0 Å². The highest BCUT2D eigenvalue weighted by Gasteiger charge is 2.33. The first-order chi connectivity index (χ1) is 10.5. The van der Waals surface area contributed by atoms with Gasteiger partial charge in [0.25, 0.3) is 0 Å². The number of nitrogens with two attached hydrogens (primary N) is 1. The van der Waals surface area contributed by atoms with Crippen LogP contribution in [0, 0.1) is 0 Å². The van der Waals surface area contributed by atoms with E-state index in [0.29, 0.717) is 16.6 Å². The Labute approximate surface area is 140 Å².